The second-order valence-electron chi connectivity index (χ2n) is 5.49. The van der Waals surface area contributed by atoms with Crippen molar-refractivity contribution in [3.63, 3.8) is 0 Å². The highest BCUT2D eigenvalue weighted by Crippen LogP contribution is 2.18. The minimum Gasteiger partial charge on any atom is -0.333 e. The van der Waals surface area contributed by atoms with Crippen molar-refractivity contribution in [1.82, 2.24) is 14.9 Å². The maximum atomic E-state index is 4.39. The van der Waals surface area contributed by atoms with Crippen molar-refractivity contribution in [2.24, 2.45) is 0 Å². The smallest absolute Gasteiger partial charge is 0.0952 e. The molecule has 0 saturated carbocycles. The maximum absolute atomic E-state index is 4.39. The SMILES string of the molecule is CCCNC(Cn1cnc(C)c1C)c1ccc(C)cc1. The largest absolute Gasteiger partial charge is 0.333 e. The van der Waals surface area contributed by atoms with Crippen molar-refractivity contribution < 1.29 is 0 Å². The number of aromatic nitrogens is 2. The Hall–Kier alpha value is -1.61. The number of imidazole rings is 1. The van der Waals surface area contributed by atoms with Crippen molar-refractivity contribution in [3.8, 4) is 0 Å². The molecule has 0 aliphatic carbocycles. The third kappa shape index (κ3) is 3.48. The van der Waals surface area contributed by atoms with E-state index in [4.69, 9.17) is 0 Å². The molecule has 1 atom stereocenters. The Labute approximate surface area is 122 Å². The normalized spacial score (nSPS) is 12.6. The van der Waals surface area contributed by atoms with E-state index in [2.05, 4.69) is 66.8 Å². The van der Waals surface area contributed by atoms with Crippen LogP contribution in [0.25, 0.3) is 0 Å². The molecule has 0 fully saturated rings. The molecule has 0 aliphatic rings. The summed E-state index contributed by atoms with van der Waals surface area (Å²) >= 11 is 0. The quantitative estimate of drug-likeness (QED) is 0.870. The molecule has 0 bridgehead atoms. The predicted octanol–water partition coefficient (Wildman–Crippen LogP) is 3.55. The summed E-state index contributed by atoms with van der Waals surface area (Å²) in [6, 6.07) is 9.15. The van der Waals surface area contributed by atoms with Crippen LogP contribution in [0.1, 0.15) is 41.9 Å². The Morgan fingerprint density at radius 1 is 1.15 bits per heavy atom. The van der Waals surface area contributed by atoms with Crippen molar-refractivity contribution in [3.05, 3.63) is 53.1 Å². The Bertz CT molecular complexity index is 540. The zero-order valence-corrected chi connectivity index (χ0v) is 13.0. The van der Waals surface area contributed by atoms with Gasteiger partial charge in [0.05, 0.1) is 18.1 Å². The van der Waals surface area contributed by atoms with Gasteiger partial charge in [0.2, 0.25) is 0 Å². The van der Waals surface area contributed by atoms with Gasteiger partial charge in [0.15, 0.2) is 0 Å². The third-order valence-electron chi connectivity index (χ3n) is 3.84. The fourth-order valence-electron chi connectivity index (χ4n) is 2.33. The molecular formula is C17H25N3. The average Bonchev–Trinajstić information content (AvgIpc) is 2.76. The second kappa shape index (κ2) is 6.71. The molecule has 20 heavy (non-hydrogen) atoms. The molecule has 3 heteroatoms. The van der Waals surface area contributed by atoms with Crippen LogP contribution in [-0.4, -0.2) is 16.1 Å². The Kier molecular flexibility index (Phi) is 4.96. The van der Waals surface area contributed by atoms with Crippen molar-refractivity contribution in [2.45, 2.75) is 46.7 Å². The third-order valence-corrected chi connectivity index (χ3v) is 3.84. The molecule has 1 unspecified atom stereocenters. The topological polar surface area (TPSA) is 29.9 Å². The summed E-state index contributed by atoms with van der Waals surface area (Å²) in [6.07, 6.45) is 3.09. The van der Waals surface area contributed by atoms with Crippen LogP contribution >= 0.6 is 0 Å². The number of rotatable bonds is 6. The van der Waals surface area contributed by atoms with Gasteiger partial charge >= 0.3 is 0 Å². The zero-order chi connectivity index (χ0) is 14.5. The van der Waals surface area contributed by atoms with E-state index in [-0.39, 0.29) is 0 Å². The number of benzene rings is 1. The highest BCUT2D eigenvalue weighted by Gasteiger charge is 2.13. The van der Waals surface area contributed by atoms with Gasteiger partial charge in [-0.1, -0.05) is 36.8 Å². The predicted molar refractivity (Wildman–Crippen MR) is 83.9 cm³/mol. The molecule has 108 valence electrons. The highest BCUT2D eigenvalue weighted by molar-refractivity contribution is 5.24. The highest BCUT2D eigenvalue weighted by atomic mass is 15.1. The number of hydrogen-bond acceptors (Lipinski definition) is 2. The summed E-state index contributed by atoms with van der Waals surface area (Å²) in [7, 11) is 0. The van der Waals surface area contributed by atoms with Crippen LogP contribution in [0, 0.1) is 20.8 Å². The first-order valence-electron chi connectivity index (χ1n) is 7.40. The molecular weight excluding hydrogens is 246 g/mol. The summed E-state index contributed by atoms with van der Waals surface area (Å²) in [5, 5.41) is 3.64. The van der Waals surface area contributed by atoms with Crippen LogP contribution in [0.4, 0.5) is 0 Å². The number of nitrogens with one attached hydrogen (secondary N) is 1. The van der Waals surface area contributed by atoms with E-state index in [1.165, 1.54) is 16.8 Å². The van der Waals surface area contributed by atoms with E-state index >= 15 is 0 Å². The van der Waals surface area contributed by atoms with E-state index in [9.17, 15) is 0 Å². The van der Waals surface area contributed by atoms with E-state index in [1.807, 2.05) is 6.33 Å². The van der Waals surface area contributed by atoms with Gasteiger partial charge in [-0.2, -0.15) is 0 Å². The Morgan fingerprint density at radius 2 is 1.85 bits per heavy atom. The lowest BCUT2D eigenvalue weighted by Gasteiger charge is -2.20. The molecule has 0 amide bonds. The summed E-state index contributed by atoms with van der Waals surface area (Å²) in [4.78, 5) is 4.39. The number of aryl methyl sites for hydroxylation is 2. The summed E-state index contributed by atoms with van der Waals surface area (Å²) in [5.74, 6) is 0. The number of nitrogens with zero attached hydrogens (tertiary/aromatic N) is 2. The van der Waals surface area contributed by atoms with Gasteiger partial charge in [0.25, 0.3) is 0 Å². The van der Waals surface area contributed by atoms with Gasteiger partial charge in [-0.25, -0.2) is 4.98 Å². The second-order valence-corrected chi connectivity index (χ2v) is 5.49. The zero-order valence-electron chi connectivity index (χ0n) is 13.0. The van der Waals surface area contributed by atoms with Gasteiger partial charge in [0.1, 0.15) is 0 Å². The lowest BCUT2D eigenvalue weighted by atomic mass is 10.0. The molecule has 0 saturated heterocycles. The molecule has 1 aromatic heterocycles. The maximum Gasteiger partial charge on any atom is 0.0952 e. The van der Waals surface area contributed by atoms with E-state index in [0.29, 0.717) is 6.04 Å². The molecule has 1 aromatic carbocycles. The van der Waals surface area contributed by atoms with Crippen LogP contribution < -0.4 is 5.32 Å². The minimum absolute atomic E-state index is 0.336. The lowest BCUT2D eigenvalue weighted by Crippen LogP contribution is -2.26. The molecule has 2 rings (SSSR count). The Morgan fingerprint density at radius 3 is 2.40 bits per heavy atom. The van der Waals surface area contributed by atoms with Gasteiger partial charge in [-0.05, 0) is 39.3 Å². The standard InChI is InChI=1S/C17H25N3/c1-5-10-18-17(16-8-6-13(2)7-9-16)11-20-12-19-14(3)15(20)4/h6-9,12,17-18H,5,10-11H2,1-4H3. The first-order chi connectivity index (χ1) is 9.61. The molecule has 0 spiro atoms. The van der Waals surface area contributed by atoms with Gasteiger partial charge < -0.3 is 9.88 Å². The fraction of sp³-hybridized carbons (Fsp3) is 0.471. The van der Waals surface area contributed by atoms with Crippen LogP contribution in [0.5, 0.6) is 0 Å². The van der Waals surface area contributed by atoms with Crippen LogP contribution in [-0.2, 0) is 6.54 Å². The molecule has 2 aromatic rings. The molecule has 0 radical (unpaired) electrons. The summed E-state index contributed by atoms with van der Waals surface area (Å²) in [6.45, 7) is 10.5. The average molecular weight is 271 g/mol. The molecule has 3 nitrogen and oxygen atoms in total. The summed E-state index contributed by atoms with van der Waals surface area (Å²) in [5.41, 5.74) is 5.01. The van der Waals surface area contributed by atoms with Gasteiger partial charge in [-0.15, -0.1) is 0 Å². The fourth-order valence-corrected chi connectivity index (χ4v) is 2.33. The molecule has 1 heterocycles. The van der Waals surface area contributed by atoms with Crippen LogP contribution in [0.15, 0.2) is 30.6 Å². The van der Waals surface area contributed by atoms with Crippen molar-refractivity contribution in [1.29, 1.82) is 0 Å². The van der Waals surface area contributed by atoms with E-state index in [0.717, 1.165) is 25.2 Å². The van der Waals surface area contributed by atoms with Crippen LogP contribution in [0.2, 0.25) is 0 Å². The van der Waals surface area contributed by atoms with Crippen molar-refractivity contribution in [2.75, 3.05) is 6.54 Å². The van der Waals surface area contributed by atoms with Gasteiger partial charge in [-0.3, -0.25) is 0 Å². The number of hydrogen-bond donors (Lipinski definition) is 1. The lowest BCUT2D eigenvalue weighted by molar-refractivity contribution is 0.458. The van der Waals surface area contributed by atoms with Crippen LogP contribution in [0.3, 0.4) is 0 Å². The molecule has 1 N–H and O–H groups in total. The minimum atomic E-state index is 0.336. The first-order valence-corrected chi connectivity index (χ1v) is 7.40. The van der Waals surface area contributed by atoms with Gasteiger partial charge in [0, 0.05) is 12.2 Å². The summed E-state index contributed by atoms with van der Waals surface area (Å²) < 4.78 is 2.24. The van der Waals surface area contributed by atoms with Crippen molar-refractivity contribution >= 4 is 0 Å². The van der Waals surface area contributed by atoms with E-state index < -0.39 is 0 Å². The van der Waals surface area contributed by atoms with E-state index in [1.54, 1.807) is 0 Å². The molecule has 0 aliphatic heterocycles. The first kappa shape index (κ1) is 14.8. The monoisotopic (exact) mass is 271 g/mol. The Balaban J connectivity index is 2.19.